The van der Waals surface area contributed by atoms with E-state index in [4.69, 9.17) is 16.3 Å². The number of anilines is 1. The summed E-state index contributed by atoms with van der Waals surface area (Å²) in [6, 6.07) is 18.4. The average molecular weight is 447 g/mol. The van der Waals surface area contributed by atoms with Crippen molar-refractivity contribution in [2.45, 2.75) is 6.92 Å². The highest BCUT2D eigenvalue weighted by atomic mass is 35.5. The molecule has 2 aromatic heterocycles. The Hall–Kier alpha value is -3.97. The van der Waals surface area contributed by atoms with Crippen molar-refractivity contribution < 1.29 is 14.3 Å². The van der Waals surface area contributed by atoms with E-state index in [0.29, 0.717) is 10.8 Å². The van der Waals surface area contributed by atoms with Crippen molar-refractivity contribution in [2.75, 3.05) is 11.9 Å². The molecule has 0 atom stereocenters. The van der Waals surface area contributed by atoms with Gasteiger partial charge >= 0.3 is 5.97 Å². The predicted octanol–water partition coefficient (Wildman–Crippen LogP) is 4.90. The monoisotopic (exact) mass is 446 g/mol. The molecule has 0 aliphatic carbocycles. The molecule has 160 valence electrons. The van der Waals surface area contributed by atoms with Crippen molar-refractivity contribution in [2.24, 2.45) is 0 Å². The SMILES string of the molecule is CCOC(=O)c1cnn(-c2ccc3ccccc3n2)c1NC(=O)/C=C/c1cccc(Cl)c1. The standard InChI is InChI=1S/C24H19ClN4O3/c1-2-32-24(31)19-15-26-29(21-12-11-17-7-3-4-9-20(17)27-21)23(19)28-22(30)13-10-16-6-5-8-18(25)14-16/h3-15H,2H2,1H3,(H,28,30)/b13-10+. The normalized spacial score (nSPS) is 11.1. The topological polar surface area (TPSA) is 86.1 Å². The second kappa shape index (κ2) is 9.45. The summed E-state index contributed by atoms with van der Waals surface area (Å²) in [6.07, 6.45) is 4.33. The van der Waals surface area contributed by atoms with Crippen LogP contribution in [0.5, 0.6) is 0 Å². The summed E-state index contributed by atoms with van der Waals surface area (Å²) < 4.78 is 6.52. The molecule has 8 heteroatoms. The molecule has 1 amide bonds. The molecule has 0 aliphatic heterocycles. The number of carbonyl (C=O) groups excluding carboxylic acids is 2. The summed E-state index contributed by atoms with van der Waals surface area (Å²) in [7, 11) is 0. The summed E-state index contributed by atoms with van der Waals surface area (Å²) in [5.74, 6) is -0.410. The number of amides is 1. The third-order valence-electron chi connectivity index (χ3n) is 4.58. The Balaban J connectivity index is 1.68. The summed E-state index contributed by atoms with van der Waals surface area (Å²) in [6.45, 7) is 1.90. The van der Waals surface area contributed by atoms with Gasteiger partial charge in [0.1, 0.15) is 5.56 Å². The van der Waals surface area contributed by atoms with Crippen LogP contribution in [0.1, 0.15) is 22.8 Å². The summed E-state index contributed by atoms with van der Waals surface area (Å²) in [5.41, 5.74) is 1.66. The van der Waals surface area contributed by atoms with Gasteiger partial charge < -0.3 is 10.1 Å². The zero-order valence-corrected chi connectivity index (χ0v) is 17.9. The van der Waals surface area contributed by atoms with Gasteiger partial charge in [0.2, 0.25) is 5.91 Å². The fourth-order valence-corrected chi connectivity index (χ4v) is 3.31. The molecule has 0 saturated heterocycles. The van der Waals surface area contributed by atoms with Gasteiger partial charge in [-0.15, -0.1) is 0 Å². The lowest BCUT2D eigenvalue weighted by atomic mass is 10.2. The fourth-order valence-electron chi connectivity index (χ4n) is 3.11. The molecule has 7 nitrogen and oxygen atoms in total. The minimum Gasteiger partial charge on any atom is -0.462 e. The molecule has 32 heavy (non-hydrogen) atoms. The maximum Gasteiger partial charge on any atom is 0.343 e. The number of para-hydroxylation sites is 1. The number of hydrogen-bond donors (Lipinski definition) is 1. The van der Waals surface area contributed by atoms with Crippen molar-refractivity contribution in [1.82, 2.24) is 14.8 Å². The quantitative estimate of drug-likeness (QED) is 0.336. The van der Waals surface area contributed by atoms with Gasteiger partial charge in [0, 0.05) is 16.5 Å². The zero-order valence-electron chi connectivity index (χ0n) is 17.2. The average Bonchev–Trinajstić information content (AvgIpc) is 3.21. The highest BCUT2D eigenvalue weighted by molar-refractivity contribution is 6.30. The van der Waals surface area contributed by atoms with E-state index in [1.807, 2.05) is 36.4 Å². The van der Waals surface area contributed by atoms with Crippen LogP contribution in [0.4, 0.5) is 5.82 Å². The lowest BCUT2D eigenvalue weighted by Gasteiger charge is -2.10. The first-order valence-electron chi connectivity index (χ1n) is 9.91. The van der Waals surface area contributed by atoms with E-state index in [0.717, 1.165) is 16.5 Å². The Labute approximate surface area is 189 Å². The summed E-state index contributed by atoms with van der Waals surface area (Å²) >= 11 is 5.99. The highest BCUT2D eigenvalue weighted by Crippen LogP contribution is 2.22. The lowest BCUT2D eigenvalue weighted by Crippen LogP contribution is -2.16. The van der Waals surface area contributed by atoms with E-state index in [2.05, 4.69) is 15.4 Å². The number of nitrogens with one attached hydrogen (secondary N) is 1. The van der Waals surface area contributed by atoms with Crippen molar-refractivity contribution in [3.8, 4) is 5.82 Å². The molecule has 0 saturated carbocycles. The van der Waals surface area contributed by atoms with Crippen LogP contribution < -0.4 is 5.32 Å². The molecule has 0 aliphatic rings. The van der Waals surface area contributed by atoms with Crippen molar-refractivity contribution in [1.29, 1.82) is 0 Å². The third-order valence-corrected chi connectivity index (χ3v) is 4.82. The van der Waals surface area contributed by atoms with E-state index in [1.165, 1.54) is 17.0 Å². The molecule has 4 aromatic rings. The fraction of sp³-hybridized carbons (Fsp3) is 0.0833. The third kappa shape index (κ3) is 4.68. The van der Waals surface area contributed by atoms with Crippen LogP contribution >= 0.6 is 11.6 Å². The second-order valence-corrected chi connectivity index (χ2v) is 7.22. The van der Waals surface area contributed by atoms with Crippen LogP contribution in [0, 0.1) is 0 Å². The first-order valence-corrected chi connectivity index (χ1v) is 10.3. The van der Waals surface area contributed by atoms with Crippen molar-refractivity contribution >= 4 is 46.3 Å². The van der Waals surface area contributed by atoms with E-state index in [9.17, 15) is 9.59 Å². The number of esters is 1. The predicted molar refractivity (Wildman–Crippen MR) is 124 cm³/mol. The number of carbonyl (C=O) groups is 2. The Morgan fingerprint density at radius 2 is 1.97 bits per heavy atom. The summed E-state index contributed by atoms with van der Waals surface area (Å²) in [4.78, 5) is 29.7. The van der Waals surface area contributed by atoms with Gasteiger partial charge in [-0.2, -0.15) is 9.78 Å². The molecule has 1 N–H and O–H groups in total. The van der Waals surface area contributed by atoms with E-state index in [1.54, 1.807) is 37.3 Å². The van der Waals surface area contributed by atoms with E-state index in [-0.39, 0.29) is 18.0 Å². The largest absolute Gasteiger partial charge is 0.462 e. The van der Waals surface area contributed by atoms with Crippen LogP contribution in [0.2, 0.25) is 5.02 Å². The molecular weight excluding hydrogens is 428 g/mol. The number of halogens is 1. The zero-order chi connectivity index (χ0) is 22.5. The Morgan fingerprint density at radius 3 is 2.78 bits per heavy atom. The molecule has 4 rings (SSSR count). The van der Waals surface area contributed by atoms with E-state index < -0.39 is 11.9 Å². The molecule has 0 fully saturated rings. The van der Waals surface area contributed by atoms with Gasteiger partial charge in [-0.1, -0.05) is 41.9 Å². The maximum absolute atomic E-state index is 12.7. The van der Waals surface area contributed by atoms with Gasteiger partial charge in [0.15, 0.2) is 11.6 Å². The van der Waals surface area contributed by atoms with Gasteiger partial charge in [-0.25, -0.2) is 9.78 Å². The molecule has 2 aromatic carbocycles. The number of nitrogens with zero attached hydrogens (tertiary/aromatic N) is 3. The highest BCUT2D eigenvalue weighted by Gasteiger charge is 2.21. The smallest absolute Gasteiger partial charge is 0.343 e. The van der Waals surface area contributed by atoms with Crippen LogP contribution in [-0.2, 0) is 9.53 Å². The van der Waals surface area contributed by atoms with Gasteiger partial charge in [0.25, 0.3) is 0 Å². The lowest BCUT2D eigenvalue weighted by molar-refractivity contribution is -0.111. The molecule has 0 spiro atoms. The molecule has 0 bridgehead atoms. The maximum atomic E-state index is 12.7. The van der Waals surface area contributed by atoms with Gasteiger partial charge in [-0.3, -0.25) is 4.79 Å². The minimum atomic E-state index is -0.589. The second-order valence-electron chi connectivity index (χ2n) is 6.78. The Kier molecular flexibility index (Phi) is 6.28. The number of hydrogen-bond acceptors (Lipinski definition) is 5. The van der Waals surface area contributed by atoms with Crippen LogP contribution in [0.3, 0.4) is 0 Å². The van der Waals surface area contributed by atoms with Gasteiger partial charge in [-0.05, 0) is 48.9 Å². The first kappa shape index (κ1) is 21.3. The Bertz CT molecular complexity index is 1330. The number of ether oxygens (including phenoxy) is 1. The minimum absolute atomic E-state index is 0.131. The molecule has 0 radical (unpaired) electrons. The van der Waals surface area contributed by atoms with Gasteiger partial charge in [0.05, 0.1) is 18.3 Å². The Morgan fingerprint density at radius 1 is 1.12 bits per heavy atom. The number of aromatic nitrogens is 3. The first-order chi connectivity index (χ1) is 15.5. The van der Waals surface area contributed by atoms with Crippen LogP contribution in [0.15, 0.2) is 72.9 Å². The molecular formula is C24H19ClN4O3. The molecule has 2 heterocycles. The van der Waals surface area contributed by atoms with Crippen molar-refractivity contribution in [3.05, 3.63) is 89.1 Å². The number of benzene rings is 2. The van der Waals surface area contributed by atoms with Crippen molar-refractivity contribution in [3.63, 3.8) is 0 Å². The number of rotatable bonds is 6. The van der Waals surface area contributed by atoms with E-state index >= 15 is 0 Å². The van der Waals surface area contributed by atoms with Crippen LogP contribution in [-0.4, -0.2) is 33.2 Å². The number of fused-ring (bicyclic) bond motifs is 1. The summed E-state index contributed by atoms with van der Waals surface area (Å²) in [5, 5.41) is 8.54. The molecule has 0 unspecified atom stereocenters. The van der Waals surface area contributed by atoms with Crippen LogP contribution in [0.25, 0.3) is 22.8 Å². The number of pyridine rings is 1.